The highest BCUT2D eigenvalue weighted by atomic mass is 16.6. The third-order valence-electron chi connectivity index (χ3n) is 12.3. The standard InChI is InChI=1S/C75H112O6/c1-4-7-10-13-16-19-22-25-28-31-33-35-36-37-38-40-41-44-47-50-53-56-59-62-65-68-74(77)80-71-72(70-79-73(76)67-64-61-58-55-52-49-46-43-30-27-24-21-18-15-12-9-6-3)81-75(78)69-66-63-60-57-54-51-48-45-42-39-34-32-29-26-23-20-17-14-11-8-5-2/h7-12,16-21,25-30,33-35,37-39,41,44-46,48-50,53,55,58,72H,4-6,13-15,22-24,31-32,36,40,42-43,47,51-52,54,56-57,59-71H2,1-3H3/b10-7-,11-8-,12-9-,19-16-,20-17-,21-18-,28-25-,29-26-,30-27-,35-33-,38-37-,39-34-,44-41-,48-45-,49-46-,53-50-,58-55-. The molecule has 6 nitrogen and oxygen atoms in total. The number of hydrogen-bond donors (Lipinski definition) is 0. The topological polar surface area (TPSA) is 78.9 Å². The average Bonchev–Trinajstić information content (AvgIpc) is 3.47. The fourth-order valence-corrected chi connectivity index (χ4v) is 7.66. The molecule has 1 unspecified atom stereocenters. The molecule has 448 valence electrons. The predicted molar refractivity (Wildman–Crippen MR) is 352 cm³/mol. The summed E-state index contributed by atoms with van der Waals surface area (Å²) in [4.78, 5) is 38.3. The van der Waals surface area contributed by atoms with Crippen LogP contribution in [0.4, 0.5) is 0 Å². The van der Waals surface area contributed by atoms with Crippen molar-refractivity contribution >= 4 is 17.9 Å². The molecular weight excluding hydrogens is 997 g/mol. The molecule has 0 aliphatic heterocycles. The Morgan fingerprint density at radius 2 is 0.457 bits per heavy atom. The molecule has 0 saturated heterocycles. The Balaban J connectivity index is 4.61. The van der Waals surface area contributed by atoms with Gasteiger partial charge in [0.05, 0.1) is 0 Å². The second-order valence-corrected chi connectivity index (χ2v) is 19.8. The average molecular weight is 1110 g/mol. The minimum absolute atomic E-state index is 0.134. The van der Waals surface area contributed by atoms with Crippen molar-refractivity contribution in [1.29, 1.82) is 0 Å². The third kappa shape index (κ3) is 64.7. The molecule has 0 fully saturated rings. The lowest BCUT2D eigenvalue weighted by atomic mass is 10.1. The minimum Gasteiger partial charge on any atom is -0.462 e. The molecule has 0 amide bonds. The van der Waals surface area contributed by atoms with E-state index >= 15 is 0 Å². The van der Waals surface area contributed by atoms with E-state index in [4.69, 9.17) is 14.2 Å². The van der Waals surface area contributed by atoms with E-state index < -0.39 is 6.10 Å². The number of rotatable bonds is 54. The minimum atomic E-state index is -0.842. The van der Waals surface area contributed by atoms with Gasteiger partial charge in [-0.2, -0.15) is 0 Å². The quantitative estimate of drug-likeness (QED) is 0.0261. The van der Waals surface area contributed by atoms with E-state index in [1.54, 1.807) is 0 Å². The van der Waals surface area contributed by atoms with Gasteiger partial charge in [-0.25, -0.2) is 0 Å². The molecular formula is C75H112O6. The Morgan fingerprint density at radius 3 is 0.753 bits per heavy atom. The number of hydrogen-bond acceptors (Lipinski definition) is 6. The van der Waals surface area contributed by atoms with E-state index in [1.807, 2.05) is 0 Å². The number of carbonyl (C=O) groups excluding carboxylic acids is 3. The lowest BCUT2D eigenvalue weighted by Gasteiger charge is -2.18. The first-order chi connectivity index (χ1) is 40.0. The molecule has 0 aliphatic carbocycles. The summed E-state index contributed by atoms with van der Waals surface area (Å²) in [5.41, 5.74) is 0. The van der Waals surface area contributed by atoms with Gasteiger partial charge < -0.3 is 14.2 Å². The first kappa shape index (κ1) is 75.0. The van der Waals surface area contributed by atoms with E-state index in [0.29, 0.717) is 12.8 Å². The molecule has 0 radical (unpaired) electrons. The summed E-state index contributed by atoms with van der Waals surface area (Å²) in [5, 5.41) is 0. The maximum absolute atomic E-state index is 12.9. The van der Waals surface area contributed by atoms with Crippen molar-refractivity contribution in [2.24, 2.45) is 0 Å². The maximum Gasteiger partial charge on any atom is 0.306 e. The Kier molecular flexibility index (Phi) is 61.6. The van der Waals surface area contributed by atoms with E-state index in [0.717, 1.165) is 180 Å². The van der Waals surface area contributed by atoms with Crippen LogP contribution >= 0.6 is 0 Å². The van der Waals surface area contributed by atoms with Gasteiger partial charge in [0.25, 0.3) is 0 Å². The van der Waals surface area contributed by atoms with Crippen LogP contribution in [0.1, 0.15) is 226 Å². The fraction of sp³-hybridized carbons (Fsp3) is 0.507. The van der Waals surface area contributed by atoms with Crippen LogP contribution in [0, 0.1) is 0 Å². The Bertz CT molecular complexity index is 2000. The van der Waals surface area contributed by atoms with Crippen LogP contribution in [-0.4, -0.2) is 37.2 Å². The van der Waals surface area contributed by atoms with Gasteiger partial charge in [-0.15, -0.1) is 0 Å². The normalized spacial score (nSPS) is 13.6. The van der Waals surface area contributed by atoms with Crippen LogP contribution < -0.4 is 0 Å². The summed E-state index contributed by atoms with van der Waals surface area (Å²) in [6, 6.07) is 0. The summed E-state index contributed by atoms with van der Waals surface area (Å²) in [7, 11) is 0. The van der Waals surface area contributed by atoms with Crippen molar-refractivity contribution in [3.8, 4) is 0 Å². The van der Waals surface area contributed by atoms with E-state index in [1.165, 1.54) is 0 Å². The summed E-state index contributed by atoms with van der Waals surface area (Å²) < 4.78 is 16.8. The lowest BCUT2D eigenvalue weighted by molar-refractivity contribution is -0.167. The zero-order valence-corrected chi connectivity index (χ0v) is 51.2. The van der Waals surface area contributed by atoms with Crippen molar-refractivity contribution in [2.45, 2.75) is 232 Å². The highest BCUT2D eigenvalue weighted by molar-refractivity contribution is 5.71. The number of ether oxygens (including phenoxy) is 3. The molecule has 0 heterocycles. The van der Waals surface area contributed by atoms with Crippen molar-refractivity contribution in [3.05, 3.63) is 207 Å². The van der Waals surface area contributed by atoms with Crippen LogP contribution in [0.2, 0.25) is 0 Å². The molecule has 0 saturated carbocycles. The molecule has 0 bridgehead atoms. The van der Waals surface area contributed by atoms with E-state index in [2.05, 4.69) is 227 Å². The molecule has 0 rings (SSSR count). The number of esters is 3. The van der Waals surface area contributed by atoms with Crippen molar-refractivity contribution < 1.29 is 28.6 Å². The molecule has 0 aliphatic rings. The van der Waals surface area contributed by atoms with Gasteiger partial charge in [-0.3, -0.25) is 14.4 Å². The summed E-state index contributed by atoms with van der Waals surface area (Å²) in [6.07, 6.45) is 103. The lowest BCUT2D eigenvalue weighted by Crippen LogP contribution is -2.30. The number of allylic oxidation sites excluding steroid dienone is 34. The number of carbonyl (C=O) groups is 3. The SMILES string of the molecule is CC/C=C\C/C=C\C/C=C\C/C=C\C/C=C\C/C=C\C/C=C\CCCCCC(=O)OCC(COC(=O)CCC/C=C\C/C=C\C/C=C\C/C=C\C/C=C\CC)OC(=O)CCCCCCC/C=C\C/C=C\C/C=C\C/C=C\C/C=C\CC. The van der Waals surface area contributed by atoms with E-state index in [9.17, 15) is 14.4 Å². The molecule has 0 aromatic heterocycles. The molecule has 0 aromatic carbocycles. The highest BCUT2D eigenvalue weighted by Gasteiger charge is 2.19. The molecule has 0 spiro atoms. The largest absolute Gasteiger partial charge is 0.462 e. The van der Waals surface area contributed by atoms with Gasteiger partial charge in [-0.05, 0) is 161 Å². The smallest absolute Gasteiger partial charge is 0.306 e. The van der Waals surface area contributed by atoms with Gasteiger partial charge in [0, 0.05) is 19.3 Å². The Hall–Kier alpha value is -6.01. The van der Waals surface area contributed by atoms with Crippen LogP contribution in [0.5, 0.6) is 0 Å². The summed E-state index contributed by atoms with van der Waals surface area (Å²) in [5.74, 6) is -1.05. The second kappa shape index (κ2) is 66.5. The number of unbranched alkanes of at least 4 members (excludes halogenated alkanes) is 9. The first-order valence-electron chi connectivity index (χ1n) is 31.6. The molecule has 6 heteroatoms. The third-order valence-corrected chi connectivity index (χ3v) is 12.3. The van der Waals surface area contributed by atoms with E-state index in [-0.39, 0.29) is 44.0 Å². The molecule has 81 heavy (non-hydrogen) atoms. The maximum atomic E-state index is 12.9. The van der Waals surface area contributed by atoms with Gasteiger partial charge in [-0.1, -0.05) is 253 Å². The van der Waals surface area contributed by atoms with Gasteiger partial charge in [0.15, 0.2) is 6.10 Å². The summed E-state index contributed by atoms with van der Waals surface area (Å²) >= 11 is 0. The monoisotopic (exact) mass is 1110 g/mol. The van der Waals surface area contributed by atoms with Crippen LogP contribution in [-0.2, 0) is 28.6 Å². The first-order valence-corrected chi connectivity index (χ1v) is 31.6. The Labute approximate surface area is 496 Å². The second-order valence-electron chi connectivity index (χ2n) is 19.8. The van der Waals surface area contributed by atoms with Crippen molar-refractivity contribution in [2.75, 3.05) is 13.2 Å². The fourth-order valence-electron chi connectivity index (χ4n) is 7.66. The molecule has 0 N–H and O–H groups in total. The van der Waals surface area contributed by atoms with Crippen molar-refractivity contribution in [3.63, 3.8) is 0 Å². The van der Waals surface area contributed by atoms with Crippen LogP contribution in [0.3, 0.4) is 0 Å². The highest BCUT2D eigenvalue weighted by Crippen LogP contribution is 2.12. The Morgan fingerprint density at radius 1 is 0.247 bits per heavy atom. The van der Waals surface area contributed by atoms with Crippen LogP contribution in [0.25, 0.3) is 0 Å². The van der Waals surface area contributed by atoms with Crippen molar-refractivity contribution in [1.82, 2.24) is 0 Å². The predicted octanol–water partition coefficient (Wildman–Crippen LogP) is 22.0. The molecule has 1 atom stereocenters. The van der Waals surface area contributed by atoms with Gasteiger partial charge in [0.1, 0.15) is 13.2 Å². The van der Waals surface area contributed by atoms with Gasteiger partial charge in [0.2, 0.25) is 0 Å². The van der Waals surface area contributed by atoms with Gasteiger partial charge >= 0.3 is 17.9 Å². The zero-order chi connectivity index (χ0) is 58.5. The summed E-state index contributed by atoms with van der Waals surface area (Å²) in [6.45, 7) is 6.18. The zero-order valence-electron chi connectivity index (χ0n) is 51.2. The van der Waals surface area contributed by atoms with Crippen LogP contribution in [0.15, 0.2) is 207 Å². The molecule has 0 aromatic rings.